The summed E-state index contributed by atoms with van der Waals surface area (Å²) in [6.45, 7) is 3.08. The molecule has 23 heavy (non-hydrogen) atoms. The van der Waals surface area contributed by atoms with E-state index in [1.54, 1.807) is 30.3 Å². The van der Waals surface area contributed by atoms with E-state index in [-0.39, 0.29) is 5.75 Å². The quantitative estimate of drug-likeness (QED) is 0.629. The summed E-state index contributed by atoms with van der Waals surface area (Å²) in [5.41, 5.74) is 7.81. The van der Waals surface area contributed by atoms with Gasteiger partial charge in [0, 0.05) is 17.8 Å². The number of aromatic hydroxyl groups is 1. The fourth-order valence-electron chi connectivity index (χ4n) is 2.20. The van der Waals surface area contributed by atoms with Crippen LogP contribution in [0.1, 0.15) is 18.9 Å². The Morgan fingerprint density at radius 3 is 2.52 bits per heavy atom. The Morgan fingerprint density at radius 1 is 1.17 bits per heavy atom. The molecule has 2 aromatic rings. The molecular formula is C17H20Cl2N2O2. The second kappa shape index (κ2) is 8.18. The van der Waals surface area contributed by atoms with E-state index in [1.807, 2.05) is 6.92 Å². The van der Waals surface area contributed by atoms with E-state index in [1.165, 1.54) is 0 Å². The zero-order chi connectivity index (χ0) is 16.8. The van der Waals surface area contributed by atoms with Gasteiger partial charge < -0.3 is 20.9 Å². The number of phenols is 1. The summed E-state index contributed by atoms with van der Waals surface area (Å²) in [7, 11) is 0. The minimum atomic E-state index is 0.0884. The van der Waals surface area contributed by atoms with Crippen LogP contribution in [0.3, 0.4) is 0 Å². The number of hydrogen-bond acceptors (Lipinski definition) is 4. The molecule has 0 aliphatic heterocycles. The van der Waals surface area contributed by atoms with Crippen LogP contribution in [-0.4, -0.2) is 18.3 Å². The first kappa shape index (κ1) is 17.6. The minimum absolute atomic E-state index is 0.0884. The number of hydrogen-bond donors (Lipinski definition) is 3. The fraction of sp³-hybridized carbons (Fsp3) is 0.294. The van der Waals surface area contributed by atoms with Crippen molar-refractivity contribution < 1.29 is 9.84 Å². The van der Waals surface area contributed by atoms with Gasteiger partial charge in [0.1, 0.15) is 0 Å². The van der Waals surface area contributed by atoms with E-state index >= 15 is 0 Å². The fourth-order valence-corrected chi connectivity index (χ4v) is 2.73. The van der Waals surface area contributed by atoms with Crippen molar-refractivity contribution in [2.24, 2.45) is 0 Å². The average Bonchev–Trinajstić information content (AvgIpc) is 2.52. The number of nitrogens with two attached hydrogens (primary N) is 1. The Bertz CT molecular complexity index is 658. The summed E-state index contributed by atoms with van der Waals surface area (Å²) in [6, 6.07) is 8.74. The van der Waals surface area contributed by atoms with Crippen molar-refractivity contribution in [1.29, 1.82) is 0 Å². The summed E-state index contributed by atoms with van der Waals surface area (Å²) in [5.74, 6) is 0.539. The van der Waals surface area contributed by atoms with Gasteiger partial charge in [0.15, 0.2) is 11.5 Å². The second-order valence-corrected chi connectivity index (χ2v) is 5.92. The van der Waals surface area contributed by atoms with Crippen LogP contribution < -0.4 is 15.8 Å². The molecule has 0 aliphatic carbocycles. The van der Waals surface area contributed by atoms with Gasteiger partial charge in [-0.15, -0.1) is 0 Å². The van der Waals surface area contributed by atoms with Crippen LogP contribution >= 0.6 is 23.2 Å². The molecule has 2 aromatic carbocycles. The first-order valence-corrected chi connectivity index (χ1v) is 8.21. The van der Waals surface area contributed by atoms with Gasteiger partial charge in [-0.05, 0) is 37.1 Å². The van der Waals surface area contributed by atoms with Crippen molar-refractivity contribution in [3.8, 4) is 11.5 Å². The molecule has 0 unspecified atom stereocenters. The molecule has 0 radical (unpaired) electrons. The molecule has 0 heterocycles. The van der Waals surface area contributed by atoms with Crippen molar-refractivity contribution in [2.45, 2.75) is 19.8 Å². The van der Waals surface area contributed by atoms with Gasteiger partial charge in [-0.2, -0.15) is 0 Å². The highest BCUT2D eigenvalue weighted by molar-refractivity contribution is 6.39. The highest BCUT2D eigenvalue weighted by Gasteiger charge is 2.12. The van der Waals surface area contributed by atoms with E-state index in [0.29, 0.717) is 52.3 Å². The molecule has 0 saturated heterocycles. The summed E-state index contributed by atoms with van der Waals surface area (Å²) in [4.78, 5) is 0. The lowest BCUT2D eigenvalue weighted by molar-refractivity contribution is 0.298. The van der Waals surface area contributed by atoms with Crippen LogP contribution in [0.15, 0.2) is 30.3 Å². The van der Waals surface area contributed by atoms with E-state index in [2.05, 4.69) is 5.32 Å². The molecule has 124 valence electrons. The molecule has 0 amide bonds. The smallest absolute Gasteiger partial charge is 0.163 e. The van der Waals surface area contributed by atoms with Crippen molar-refractivity contribution >= 4 is 34.6 Å². The van der Waals surface area contributed by atoms with Gasteiger partial charge in [-0.1, -0.05) is 36.2 Å². The molecule has 0 spiro atoms. The zero-order valence-electron chi connectivity index (χ0n) is 12.9. The molecule has 4 N–H and O–H groups in total. The number of benzene rings is 2. The number of nitrogen functional groups attached to an aromatic ring is 1. The minimum Gasteiger partial charge on any atom is -0.504 e. The second-order valence-electron chi connectivity index (χ2n) is 5.10. The summed E-state index contributed by atoms with van der Waals surface area (Å²) < 4.78 is 5.52. The van der Waals surface area contributed by atoms with Crippen molar-refractivity contribution in [3.63, 3.8) is 0 Å². The molecule has 0 fully saturated rings. The number of ether oxygens (including phenoxy) is 1. The number of phenolic OH excluding ortho intramolecular Hbond substituents is 1. The van der Waals surface area contributed by atoms with Gasteiger partial charge in [-0.3, -0.25) is 0 Å². The standard InChI is InChI=1S/C17H20Cl2N2O2/c1-2-10-23-15-7-6-14(20)11(17(15)22)8-9-21-16-12(18)4-3-5-13(16)19/h3-7,21-22H,2,8-10,20H2,1H3. The van der Waals surface area contributed by atoms with Crippen molar-refractivity contribution in [3.05, 3.63) is 45.9 Å². The molecule has 0 bridgehead atoms. The number of anilines is 2. The van der Waals surface area contributed by atoms with Gasteiger partial charge in [0.05, 0.1) is 22.3 Å². The van der Waals surface area contributed by atoms with Gasteiger partial charge in [0.2, 0.25) is 0 Å². The highest BCUT2D eigenvalue weighted by Crippen LogP contribution is 2.35. The molecular weight excluding hydrogens is 335 g/mol. The molecule has 0 saturated carbocycles. The van der Waals surface area contributed by atoms with Crippen LogP contribution in [0.25, 0.3) is 0 Å². The zero-order valence-corrected chi connectivity index (χ0v) is 14.4. The Hall–Kier alpha value is -1.78. The lowest BCUT2D eigenvalue weighted by atomic mass is 10.1. The molecule has 0 atom stereocenters. The van der Waals surface area contributed by atoms with E-state index in [0.717, 1.165) is 6.42 Å². The highest BCUT2D eigenvalue weighted by atomic mass is 35.5. The maximum atomic E-state index is 10.3. The third kappa shape index (κ3) is 4.36. The SMILES string of the molecule is CCCOc1ccc(N)c(CCNc2c(Cl)cccc2Cl)c1O. The topological polar surface area (TPSA) is 67.5 Å². The summed E-state index contributed by atoms with van der Waals surface area (Å²) in [5, 5.41) is 14.6. The van der Waals surface area contributed by atoms with Gasteiger partial charge >= 0.3 is 0 Å². The lowest BCUT2D eigenvalue weighted by Crippen LogP contribution is -2.08. The van der Waals surface area contributed by atoms with E-state index in [9.17, 15) is 5.11 Å². The van der Waals surface area contributed by atoms with Crippen LogP contribution in [-0.2, 0) is 6.42 Å². The number of rotatable bonds is 7. The maximum Gasteiger partial charge on any atom is 0.163 e. The largest absolute Gasteiger partial charge is 0.504 e. The average molecular weight is 355 g/mol. The molecule has 4 nitrogen and oxygen atoms in total. The van der Waals surface area contributed by atoms with Crippen molar-refractivity contribution in [1.82, 2.24) is 0 Å². The molecule has 0 aromatic heterocycles. The van der Waals surface area contributed by atoms with Crippen LogP contribution in [0.5, 0.6) is 11.5 Å². The van der Waals surface area contributed by atoms with Crippen molar-refractivity contribution in [2.75, 3.05) is 24.2 Å². The molecule has 2 rings (SSSR count). The van der Waals surface area contributed by atoms with E-state index in [4.69, 9.17) is 33.7 Å². The normalized spacial score (nSPS) is 10.6. The van der Waals surface area contributed by atoms with E-state index < -0.39 is 0 Å². The first-order chi connectivity index (χ1) is 11.0. The number of nitrogens with one attached hydrogen (secondary N) is 1. The van der Waals surface area contributed by atoms with Crippen LogP contribution in [0.4, 0.5) is 11.4 Å². The van der Waals surface area contributed by atoms with Gasteiger partial charge in [-0.25, -0.2) is 0 Å². The Labute approximate surface area is 146 Å². The lowest BCUT2D eigenvalue weighted by Gasteiger charge is -2.15. The first-order valence-electron chi connectivity index (χ1n) is 7.45. The third-order valence-corrected chi connectivity index (χ3v) is 4.01. The molecule has 6 heteroatoms. The predicted octanol–water partition coefficient (Wildman–Crippen LogP) is 4.72. The Morgan fingerprint density at radius 2 is 1.87 bits per heavy atom. The number of halogens is 2. The van der Waals surface area contributed by atoms with Gasteiger partial charge in [0.25, 0.3) is 0 Å². The summed E-state index contributed by atoms with van der Waals surface area (Å²) >= 11 is 12.2. The predicted molar refractivity (Wildman–Crippen MR) is 97.0 cm³/mol. The monoisotopic (exact) mass is 354 g/mol. The third-order valence-electron chi connectivity index (χ3n) is 3.38. The van der Waals surface area contributed by atoms with Crippen LogP contribution in [0.2, 0.25) is 10.0 Å². The number of para-hydroxylation sites is 1. The molecule has 0 aliphatic rings. The Kier molecular flexibility index (Phi) is 6.25. The Balaban J connectivity index is 2.08. The van der Waals surface area contributed by atoms with Crippen LogP contribution in [0, 0.1) is 0 Å². The maximum absolute atomic E-state index is 10.3. The summed E-state index contributed by atoms with van der Waals surface area (Å²) in [6.07, 6.45) is 1.38.